The van der Waals surface area contributed by atoms with Crippen molar-refractivity contribution in [1.29, 1.82) is 0 Å². The summed E-state index contributed by atoms with van der Waals surface area (Å²) in [6, 6.07) is 13.2. The summed E-state index contributed by atoms with van der Waals surface area (Å²) in [6.07, 6.45) is 0.659. The van der Waals surface area contributed by atoms with E-state index in [9.17, 15) is 17.6 Å². The number of halogens is 1. The zero-order chi connectivity index (χ0) is 22.4. The summed E-state index contributed by atoms with van der Waals surface area (Å²) in [7, 11) is -3.94. The van der Waals surface area contributed by atoms with Crippen molar-refractivity contribution in [2.45, 2.75) is 49.6 Å². The van der Waals surface area contributed by atoms with Gasteiger partial charge in [0.15, 0.2) is 0 Å². The van der Waals surface area contributed by atoms with Crippen LogP contribution in [0.25, 0.3) is 0 Å². The van der Waals surface area contributed by atoms with E-state index in [0.29, 0.717) is 18.6 Å². The molecule has 1 spiro atoms. The number of carbonyl (C=O) groups is 1. The van der Waals surface area contributed by atoms with Crippen molar-refractivity contribution < 1.29 is 17.6 Å². The van der Waals surface area contributed by atoms with E-state index in [1.54, 1.807) is 0 Å². The van der Waals surface area contributed by atoms with Crippen molar-refractivity contribution in [2.75, 3.05) is 13.1 Å². The van der Waals surface area contributed by atoms with E-state index >= 15 is 0 Å². The molecule has 164 valence electrons. The summed E-state index contributed by atoms with van der Waals surface area (Å²) in [5.41, 5.74) is 1.46. The number of sulfonamides is 1. The molecule has 2 aliphatic rings. The van der Waals surface area contributed by atoms with Gasteiger partial charge in [0.2, 0.25) is 10.0 Å². The number of benzene rings is 2. The molecule has 1 amide bonds. The van der Waals surface area contributed by atoms with Gasteiger partial charge in [0, 0.05) is 31.5 Å². The Bertz CT molecular complexity index is 1140. The standard InChI is InChI=1S/C23H26FN3O3S/c1-22(2,3)17-10-8-16(9-11-17)20-21(28)26-23(25-20)12-14-27(15-13-23)31(29,30)19-7-5-4-6-18(19)24/h4-11H,12-15H2,1-3H3,(H,26,28). The molecule has 4 rings (SSSR count). The zero-order valence-electron chi connectivity index (χ0n) is 17.9. The maximum absolute atomic E-state index is 14.0. The first-order valence-electron chi connectivity index (χ1n) is 10.3. The molecule has 1 N–H and O–H groups in total. The van der Waals surface area contributed by atoms with Crippen molar-refractivity contribution in [2.24, 2.45) is 4.99 Å². The highest BCUT2D eigenvalue weighted by Crippen LogP contribution is 2.32. The third kappa shape index (κ3) is 4.02. The summed E-state index contributed by atoms with van der Waals surface area (Å²) in [6.45, 7) is 6.67. The molecule has 0 aromatic heterocycles. The number of nitrogens with one attached hydrogen (secondary N) is 1. The predicted molar refractivity (Wildman–Crippen MR) is 117 cm³/mol. The van der Waals surface area contributed by atoms with Crippen molar-refractivity contribution >= 4 is 21.6 Å². The van der Waals surface area contributed by atoms with Crippen LogP contribution in [0.3, 0.4) is 0 Å². The molecule has 2 aromatic rings. The van der Waals surface area contributed by atoms with Gasteiger partial charge in [-0.2, -0.15) is 4.31 Å². The number of piperidine rings is 1. The van der Waals surface area contributed by atoms with Crippen LogP contribution in [0.2, 0.25) is 0 Å². The molecule has 0 unspecified atom stereocenters. The van der Waals surface area contributed by atoms with E-state index in [4.69, 9.17) is 0 Å². The monoisotopic (exact) mass is 443 g/mol. The van der Waals surface area contributed by atoms with E-state index in [1.165, 1.54) is 22.5 Å². The van der Waals surface area contributed by atoms with Crippen LogP contribution in [0.15, 0.2) is 58.4 Å². The Morgan fingerprint density at radius 1 is 1.03 bits per heavy atom. The van der Waals surface area contributed by atoms with Crippen LogP contribution in [0.4, 0.5) is 4.39 Å². The highest BCUT2D eigenvalue weighted by Gasteiger charge is 2.44. The maximum atomic E-state index is 14.0. The lowest BCUT2D eigenvalue weighted by atomic mass is 9.86. The fourth-order valence-electron chi connectivity index (χ4n) is 4.01. The quantitative estimate of drug-likeness (QED) is 0.791. The summed E-state index contributed by atoms with van der Waals surface area (Å²) >= 11 is 0. The minimum atomic E-state index is -3.94. The highest BCUT2D eigenvalue weighted by atomic mass is 32.2. The SMILES string of the molecule is CC(C)(C)c1ccc(C2=NC3(CCN(S(=O)(=O)c4ccccc4F)CC3)NC2=O)cc1. The number of hydrogen-bond acceptors (Lipinski definition) is 4. The highest BCUT2D eigenvalue weighted by molar-refractivity contribution is 7.89. The molecule has 0 aliphatic carbocycles. The van der Waals surface area contributed by atoms with Gasteiger partial charge >= 0.3 is 0 Å². The Balaban J connectivity index is 1.53. The van der Waals surface area contributed by atoms with E-state index in [2.05, 4.69) is 31.1 Å². The van der Waals surface area contributed by atoms with Crippen LogP contribution in [0.5, 0.6) is 0 Å². The van der Waals surface area contributed by atoms with E-state index in [-0.39, 0.29) is 29.3 Å². The lowest BCUT2D eigenvalue weighted by Crippen LogP contribution is -2.52. The number of rotatable bonds is 3. The smallest absolute Gasteiger partial charge is 0.272 e. The molecule has 2 heterocycles. The average molecular weight is 444 g/mol. The molecule has 0 atom stereocenters. The fourth-order valence-corrected chi connectivity index (χ4v) is 5.52. The molecule has 0 bridgehead atoms. The molecule has 0 saturated carbocycles. The minimum Gasteiger partial charge on any atom is -0.326 e. The van der Waals surface area contributed by atoms with Crippen molar-refractivity contribution in [3.05, 3.63) is 65.5 Å². The molecule has 31 heavy (non-hydrogen) atoms. The summed E-state index contributed by atoms with van der Waals surface area (Å²) in [5.74, 6) is -1.02. The second kappa shape index (κ2) is 7.53. The van der Waals surface area contributed by atoms with Gasteiger partial charge in [-0.15, -0.1) is 0 Å². The first-order valence-corrected chi connectivity index (χ1v) is 11.7. The Labute approximate surface area is 182 Å². The molecule has 1 saturated heterocycles. The maximum Gasteiger partial charge on any atom is 0.272 e. The van der Waals surface area contributed by atoms with Crippen molar-refractivity contribution in [3.8, 4) is 0 Å². The second-order valence-corrected chi connectivity index (χ2v) is 11.0. The van der Waals surface area contributed by atoms with E-state index in [0.717, 1.165) is 17.2 Å². The van der Waals surface area contributed by atoms with Crippen LogP contribution < -0.4 is 5.32 Å². The summed E-state index contributed by atoms with van der Waals surface area (Å²) in [4.78, 5) is 17.0. The predicted octanol–water partition coefficient (Wildman–Crippen LogP) is 3.22. The van der Waals surface area contributed by atoms with Gasteiger partial charge in [0.25, 0.3) is 5.91 Å². The van der Waals surface area contributed by atoms with Crippen LogP contribution in [-0.4, -0.2) is 43.1 Å². The van der Waals surface area contributed by atoms with Crippen LogP contribution in [0, 0.1) is 5.82 Å². The van der Waals surface area contributed by atoms with Gasteiger partial charge in [-0.05, 0) is 23.1 Å². The molecule has 0 radical (unpaired) electrons. The number of amides is 1. The number of aliphatic imine (C=N–C) groups is 1. The largest absolute Gasteiger partial charge is 0.326 e. The van der Waals surface area contributed by atoms with Gasteiger partial charge in [-0.1, -0.05) is 57.2 Å². The number of carbonyl (C=O) groups excluding carboxylic acids is 1. The number of nitrogens with zero attached hydrogens (tertiary/aromatic N) is 2. The molecule has 8 heteroatoms. The van der Waals surface area contributed by atoms with Crippen molar-refractivity contribution in [1.82, 2.24) is 9.62 Å². The van der Waals surface area contributed by atoms with Crippen LogP contribution in [0.1, 0.15) is 44.7 Å². The Morgan fingerprint density at radius 2 is 1.65 bits per heavy atom. The summed E-state index contributed by atoms with van der Waals surface area (Å²) < 4.78 is 41.0. The number of hydrogen-bond donors (Lipinski definition) is 1. The topological polar surface area (TPSA) is 78.8 Å². The fraction of sp³-hybridized carbons (Fsp3) is 0.391. The van der Waals surface area contributed by atoms with E-state index < -0.39 is 21.5 Å². The first-order chi connectivity index (χ1) is 14.5. The van der Waals surface area contributed by atoms with Gasteiger partial charge in [0.1, 0.15) is 22.1 Å². The molecular formula is C23H26FN3O3S. The van der Waals surface area contributed by atoms with Gasteiger partial charge in [-0.3, -0.25) is 9.79 Å². The molecular weight excluding hydrogens is 417 g/mol. The molecule has 1 fully saturated rings. The Hall–Kier alpha value is -2.58. The van der Waals surface area contributed by atoms with Crippen molar-refractivity contribution in [3.63, 3.8) is 0 Å². The summed E-state index contributed by atoms with van der Waals surface area (Å²) in [5, 5.41) is 2.95. The van der Waals surface area contributed by atoms with Crippen LogP contribution >= 0.6 is 0 Å². The Kier molecular flexibility index (Phi) is 5.26. The normalized spacial score (nSPS) is 19.4. The van der Waals surface area contributed by atoms with Gasteiger partial charge in [-0.25, -0.2) is 12.8 Å². The lowest BCUT2D eigenvalue weighted by molar-refractivity contribution is -0.115. The molecule has 2 aliphatic heterocycles. The average Bonchev–Trinajstić information content (AvgIpc) is 3.03. The van der Waals surface area contributed by atoms with Gasteiger partial charge in [0.05, 0.1) is 0 Å². The molecule has 6 nitrogen and oxygen atoms in total. The third-order valence-electron chi connectivity index (χ3n) is 5.92. The zero-order valence-corrected chi connectivity index (χ0v) is 18.7. The Morgan fingerprint density at radius 3 is 2.23 bits per heavy atom. The second-order valence-electron chi connectivity index (χ2n) is 9.11. The van der Waals surface area contributed by atoms with Gasteiger partial charge < -0.3 is 5.32 Å². The third-order valence-corrected chi connectivity index (χ3v) is 7.85. The first kappa shape index (κ1) is 21.6. The lowest BCUT2D eigenvalue weighted by Gasteiger charge is -2.36. The molecule has 2 aromatic carbocycles. The van der Waals surface area contributed by atoms with E-state index in [1.807, 2.05) is 24.3 Å². The van der Waals surface area contributed by atoms with Crippen LogP contribution in [-0.2, 0) is 20.2 Å². The minimum absolute atomic E-state index is 0.00997.